The third-order valence-corrected chi connectivity index (χ3v) is 3.04. The number of benzene rings is 1. The number of fused-ring (bicyclic) bond motifs is 1. The van der Waals surface area contributed by atoms with Gasteiger partial charge in [-0.1, -0.05) is 18.2 Å². The molecule has 0 unspecified atom stereocenters. The molecule has 0 aliphatic heterocycles. The van der Waals surface area contributed by atoms with Gasteiger partial charge in [-0.3, -0.25) is 9.48 Å². The molecule has 0 aliphatic carbocycles. The summed E-state index contributed by atoms with van der Waals surface area (Å²) in [4.78, 5) is 16.5. The number of carbonyl (C=O) groups is 1. The van der Waals surface area contributed by atoms with Crippen LogP contribution in [0.1, 0.15) is 10.5 Å². The first-order chi connectivity index (χ1) is 9.65. The van der Waals surface area contributed by atoms with E-state index < -0.39 is 0 Å². The zero-order chi connectivity index (χ0) is 14.1. The van der Waals surface area contributed by atoms with Crippen molar-refractivity contribution in [3.05, 3.63) is 48.3 Å². The van der Waals surface area contributed by atoms with Gasteiger partial charge in [-0.25, -0.2) is 4.98 Å². The van der Waals surface area contributed by atoms with E-state index in [4.69, 9.17) is 5.73 Å². The van der Waals surface area contributed by atoms with Crippen molar-refractivity contribution in [2.45, 2.75) is 0 Å². The number of nitrogens with zero attached hydrogens (tertiary/aromatic N) is 3. The van der Waals surface area contributed by atoms with Gasteiger partial charge in [0, 0.05) is 24.2 Å². The van der Waals surface area contributed by atoms with Crippen LogP contribution in [0.15, 0.2) is 42.6 Å². The zero-order valence-electron chi connectivity index (χ0n) is 10.9. The van der Waals surface area contributed by atoms with Gasteiger partial charge >= 0.3 is 0 Å². The number of nitrogens with one attached hydrogen (secondary N) is 1. The van der Waals surface area contributed by atoms with Gasteiger partial charge < -0.3 is 11.1 Å². The number of amides is 1. The molecule has 0 spiro atoms. The molecule has 0 bridgehead atoms. The first-order valence-corrected chi connectivity index (χ1v) is 6.10. The quantitative estimate of drug-likeness (QED) is 0.741. The third-order valence-electron chi connectivity index (χ3n) is 3.04. The van der Waals surface area contributed by atoms with Gasteiger partial charge in [0.05, 0.1) is 11.7 Å². The molecular weight excluding hydrogens is 254 g/mol. The molecule has 100 valence electrons. The second kappa shape index (κ2) is 4.65. The number of para-hydroxylation sites is 1. The van der Waals surface area contributed by atoms with E-state index in [1.165, 1.54) is 0 Å². The van der Waals surface area contributed by atoms with Gasteiger partial charge in [-0.15, -0.1) is 0 Å². The summed E-state index contributed by atoms with van der Waals surface area (Å²) >= 11 is 0. The van der Waals surface area contributed by atoms with Crippen molar-refractivity contribution in [1.29, 1.82) is 0 Å². The smallest absolute Gasteiger partial charge is 0.275 e. The van der Waals surface area contributed by atoms with Crippen molar-refractivity contribution in [3.63, 3.8) is 0 Å². The predicted molar refractivity (Wildman–Crippen MR) is 77.3 cm³/mol. The minimum Gasteiger partial charge on any atom is -0.398 e. The Morgan fingerprint density at radius 2 is 2.10 bits per heavy atom. The Kier molecular flexibility index (Phi) is 2.83. The number of aryl methyl sites for hydroxylation is 1. The fraction of sp³-hybridized carbons (Fsp3) is 0.0714. The maximum atomic E-state index is 12.2. The number of pyridine rings is 1. The molecule has 0 fully saturated rings. The Balaban J connectivity index is 1.98. The zero-order valence-corrected chi connectivity index (χ0v) is 10.9. The van der Waals surface area contributed by atoms with Crippen LogP contribution >= 0.6 is 0 Å². The highest BCUT2D eigenvalue weighted by atomic mass is 16.2. The molecule has 0 radical (unpaired) electrons. The van der Waals surface area contributed by atoms with E-state index >= 15 is 0 Å². The molecule has 0 aliphatic rings. The van der Waals surface area contributed by atoms with Crippen LogP contribution < -0.4 is 11.1 Å². The first-order valence-electron chi connectivity index (χ1n) is 6.10. The number of nitrogens with two attached hydrogens (primary N) is 1. The molecule has 2 aromatic heterocycles. The van der Waals surface area contributed by atoms with Crippen LogP contribution in [-0.2, 0) is 7.05 Å². The molecule has 6 nitrogen and oxygen atoms in total. The van der Waals surface area contributed by atoms with Crippen LogP contribution in [0.2, 0.25) is 0 Å². The average molecular weight is 267 g/mol. The maximum absolute atomic E-state index is 12.2. The Bertz CT molecular complexity index is 793. The summed E-state index contributed by atoms with van der Waals surface area (Å²) in [7, 11) is 1.75. The lowest BCUT2D eigenvalue weighted by molar-refractivity contribution is 0.102. The fourth-order valence-electron chi connectivity index (χ4n) is 2.00. The second-order valence-corrected chi connectivity index (χ2v) is 4.41. The molecule has 2 heterocycles. The molecule has 1 amide bonds. The van der Waals surface area contributed by atoms with Gasteiger partial charge in [0.25, 0.3) is 5.91 Å². The highest BCUT2D eigenvalue weighted by Gasteiger charge is 2.12. The van der Waals surface area contributed by atoms with Gasteiger partial charge in [0.15, 0.2) is 0 Å². The molecule has 0 saturated heterocycles. The number of nitrogen functional groups attached to an aromatic ring is 1. The van der Waals surface area contributed by atoms with Crippen molar-refractivity contribution in [1.82, 2.24) is 14.8 Å². The van der Waals surface area contributed by atoms with E-state index in [2.05, 4.69) is 15.4 Å². The first kappa shape index (κ1) is 12.2. The van der Waals surface area contributed by atoms with Crippen LogP contribution in [0.5, 0.6) is 0 Å². The highest BCUT2D eigenvalue weighted by Crippen LogP contribution is 2.20. The lowest BCUT2D eigenvalue weighted by atomic mass is 10.1. The summed E-state index contributed by atoms with van der Waals surface area (Å²) in [6.45, 7) is 0. The Labute approximate surface area is 115 Å². The van der Waals surface area contributed by atoms with E-state index in [1.807, 2.05) is 24.3 Å². The summed E-state index contributed by atoms with van der Waals surface area (Å²) in [5.74, 6) is 0.287. The number of hydrogen-bond donors (Lipinski definition) is 2. The van der Waals surface area contributed by atoms with Crippen molar-refractivity contribution in [2.75, 3.05) is 11.1 Å². The fourth-order valence-corrected chi connectivity index (χ4v) is 2.00. The van der Waals surface area contributed by atoms with Crippen LogP contribution in [0, 0.1) is 0 Å². The predicted octanol–water partition coefficient (Wildman–Crippen LogP) is 1.80. The van der Waals surface area contributed by atoms with Crippen LogP contribution in [-0.4, -0.2) is 20.7 Å². The summed E-state index contributed by atoms with van der Waals surface area (Å²) in [5.41, 5.74) is 7.47. The lowest BCUT2D eigenvalue weighted by Gasteiger charge is -2.07. The van der Waals surface area contributed by atoms with Crippen LogP contribution in [0.4, 0.5) is 11.5 Å². The molecule has 1 aromatic carbocycles. The summed E-state index contributed by atoms with van der Waals surface area (Å²) in [5, 5.41) is 7.57. The third kappa shape index (κ3) is 2.07. The van der Waals surface area contributed by atoms with E-state index in [0.717, 1.165) is 5.39 Å². The normalized spacial score (nSPS) is 10.7. The van der Waals surface area contributed by atoms with E-state index in [0.29, 0.717) is 17.0 Å². The molecule has 6 heteroatoms. The van der Waals surface area contributed by atoms with Crippen LogP contribution in [0.3, 0.4) is 0 Å². The van der Waals surface area contributed by atoms with Gasteiger partial charge in [0.2, 0.25) is 0 Å². The molecule has 3 N–H and O–H groups in total. The Hall–Kier alpha value is -2.89. The molecule has 3 aromatic rings. The molecule has 20 heavy (non-hydrogen) atoms. The summed E-state index contributed by atoms with van der Waals surface area (Å²) < 4.78 is 1.57. The molecular formula is C14H13N5O. The SMILES string of the molecule is Cn1nccc1NC(=O)c1cc(N)c2ccccc2n1. The maximum Gasteiger partial charge on any atom is 0.275 e. The Morgan fingerprint density at radius 3 is 2.85 bits per heavy atom. The van der Waals surface area contributed by atoms with E-state index in [1.54, 1.807) is 30.1 Å². The Morgan fingerprint density at radius 1 is 1.30 bits per heavy atom. The average Bonchev–Trinajstić information content (AvgIpc) is 2.84. The van der Waals surface area contributed by atoms with Crippen molar-refractivity contribution in [2.24, 2.45) is 7.05 Å². The summed E-state index contributed by atoms with van der Waals surface area (Å²) in [6.07, 6.45) is 1.61. The molecule has 0 saturated carbocycles. The lowest BCUT2D eigenvalue weighted by Crippen LogP contribution is -2.16. The minimum absolute atomic E-state index is 0.280. The number of aromatic nitrogens is 3. The number of rotatable bonds is 2. The van der Waals surface area contributed by atoms with Gasteiger partial charge in [-0.2, -0.15) is 5.10 Å². The summed E-state index contributed by atoms with van der Waals surface area (Å²) in [6, 6.07) is 10.7. The van der Waals surface area contributed by atoms with Crippen molar-refractivity contribution >= 4 is 28.3 Å². The van der Waals surface area contributed by atoms with Crippen molar-refractivity contribution in [3.8, 4) is 0 Å². The van der Waals surface area contributed by atoms with E-state index in [-0.39, 0.29) is 11.6 Å². The number of anilines is 2. The topological polar surface area (TPSA) is 85.8 Å². The van der Waals surface area contributed by atoms with Gasteiger partial charge in [0.1, 0.15) is 11.5 Å². The highest BCUT2D eigenvalue weighted by molar-refractivity contribution is 6.05. The van der Waals surface area contributed by atoms with Crippen LogP contribution in [0.25, 0.3) is 10.9 Å². The van der Waals surface area contributed by atoms with Crippen molar-refractivity contribution < 1.29 is 4.79 Å². The van der Waals surface area contributed by atoms with Gasteiger partial charge in [-0.05, 0) is 12.1 Å². The molecule has 0 atom stereocenters. The monoisotopic (exact) mass is 267 g/mol. The largest absolute Gasteiger partial charge is 0.398 e. The standard InChI is InChI=1S/C14H13N5O/c1-19-13(6-7-16-19)18-14(20)12-8-10(15)9-4-2-3-5-11(9)17-12/h2-8H,1H3,(H2,15,17)(H,18,20). The molecule has 3 rings (SSSR count). The second-order valence-electron chi connectivity index (χ2n) is 4.41. The van der Waals surface area contributed by atoms with E-state index in [9.17, 15) is 4.79 Å². The minimum atomic E-state index is -0.314. The number of hydrogen-bond acceptors (Lipinski definition) is 4. The number of carbonyl (C=O) groups excluding carboxylic acids is 1.